The van der Waals surface area contributed by atoms with E-state index in [1.54, 1.807) is 0 Å². The van der Waals surface area contributed by atoms with Gasteiger partial charge in [0.1, 0.15) is 0 Å². The molecule has 5 nitrogen and oxygen atoms in total. The van der Waals surface area contributed by atoms with Gasteiger partial charge in [0.25, 0.3) is 0 Å². The lowest BCUT2D eigenvalue weighted by Crippen LogP contribution is -2.50. The first-order valence-corrected chi connectivity index (χ1v) is 7.11. The number of amides is 1. The lowest BCUT2D eigenvalue weighted by Gasteiger charge is -2.32. The smallest absolute Gasteiger partial charge is 0.234 e. The highest BCUT2D eigenvalue weighted by Gasteiger charge is 2.22. The van der Waals surface area contributed by atoms with Crippen LogP contribution in [0.1, 0.15) is 32.1 Å². The SMILES string of the molecule is Cl.NCC1CN(CC(=O)NC2CCCCC2)CCO1. The first kappa shape index (κ1) is 16.7. The molecule has 1 aliphatic heterocycles. The van der Waals surface area contributed by atoms with Gasteiger partial charge in [0.2, 0.25) is 5.91 Å². The van der Waals surface area contributed by atoms with Crippen LogP contribution in [-0.2, 0) is 9.53 Å². The van der Waals surface area contributed by atoms with Crippen molar-refractivity contribution in [3.8, 4) is 0 Å². The maximum Gasteiger partial charge on any atom is 0.234 e. The summed E-state index contributed by atoms with van der Waals surface area (Å²) in [4.78, 5) is 14.1. The molecular formula is C13H26ClN3O2. The highest BCUT2D eigenvalue weighted by molar-refractivity contribution is 5.85. The third kappa shape index (κ3) is 5.65. The van der Waals surface area contributed by atoms with Crippen molar-refractivity contribution in [2.75, 3.05) is 32.8 Å². The normalized spacial score (nSPS) is 25.6. The standard InChI is InChI=1S/C13H25N3O2.ClH/c14-8-12-9-16(6-7-18-12)10-13(17)15-11-4-2-1-3-5-11;/h11-12H,1-10,14H2,(H,15,17);1H. The Kier molecular flexibility index (Phi) is 7.68. The average Bonchev–Trinajstić information content (AvgIpc) is 2.40. The summed E-state index contributed by atoms with van der Waals surface area (Å²) in [7, 11) is 0. The van der Waals surface area contributed by atoms with Crippen LogP contribution in [0.25, 0.3) is 0 Å². The Morgan fingerprint density at radius 2 is 2.05 bits per heavy atom. The Morgan fingerprint density at radius 3 is 2.74 bits per heavy atom. The number of nitrogens with one attached hydrogen (secondary N) is 1. The van der Waals surface area contributed by atoms with Crippen LogP contribution in [0.2, 0.25) is 0 Å². The zero-order valence-electron chi connectivity index (χ0n) is 11.5. The molecule has 1 heterocycles. The number of carbonyl (C=O) groups excluding carboxylic acids is 1. The molecule has 0 aromatic heterocycles. The minimum Gasteiger partial charge on any atom is -0.374 e. The van der Waals surface area contributed by atoms with Crippen molar-refractivity contribution in [1.82, 2.24) is 10.2 Å². The van der Waals surface area contributed by atoms with Gasteiger partial charge in [-0.15, -0.1) is 12.4 Å². The molecule has 0 bridgehead atoms. The van der Waals surface area contributed by atoms with Crippen LogP contribution in [0.5, 0.6) is 0 Å². The molecule has 2 rings (SSSR count). The number of hydrogen-bond donors (Lipinski definition) is 2. The van der Waals surface area contributed by atoms with E-state index in [1.807, 2.05) is 0 Å². The number of nitrogens with two attached hydrogens (primary N) is 1. The number of morpholine rings is 1. The monoisotopic (exact) mass is 291 g/mol. The molecule has 0 radical (unpaired) electrons. The first-order valence-electron chi connectivity index (χ1n) is 7.11. The fourth-order valence-corrected chi connectivity index (χ4v) is 2.79. The summed E-state index contributed by atoms with van der Waals surface area (Å²) in [6, 6.07) is 0.401. The Hall–Kier alpha value is -0.360. The van der Waals surface area contributed by atoms with E-state index in [0.29, 0.717) is 25.7 Å². The summed E-state index contributed by atoms with van der Waals surface area (Å²) >= 11 is 0. The molecule has 0 aromatic carbocycles. The van der Waals surface area contributed by atoms with Gasteiger partial charge in [-0.05, 0) is 12.8 Å². The van der Waals surface area contributed by atoms with Crippen LogP contribution in [0.15, 0.2) is 0 Å². The van der Waals surface area contributed by atoms with E-state index < -0.39 is 0 Å². The molecule has 6 heteroatoms. The summed E-state index contributed by atoms with van der Waals surface area (Å²) in [5.74, 6) is 0.152. The highest BCUT2D eigenvalue weighted by Crippen LogP contribution is 2.17. The number of hydrogen-bond acceptors (Lipinski definition) is 4. The summed E-state index contributed by atoms with van der Waals surface area (Å²) in [5.41, 5.74) is 5.59. The predicted molar refractivity (Wildman–Crippen MR) is 77.5 cm³/mol. The zero-order valence-corrected chi connectivity index (χ0v) is 12.3. The van der Waals surface area contributed by atoms with Crippen molar-refractivity contribution in [1.29, 1.82) is 0 Å². The van der Waals surface area contributed by atoms with Crippen LogP contribution in [0, 0.1) is 0 Å². The molecule has 1 saturated heterocycles. The Bertz CT molecular complexity index is 273. The van der Waals surface area contributed by atoms with Gasteiger partial charge < -0.3 is 15.8 Å². The summed E-state index contributed by atoms with van der Waals surface area (Å²) in [5, 5.41) is 3.15. The molecule has 1 amide bonds. The Balaban J connectivity index is 0.00000180. The fraction of sp³-hybridized carbons (Fsp3) is 0.923. The van der Waals surface area contributed by atoms with E-state index in [9.17, 15) is 4.79 Å². The molecule has 1 atom stereocenters. The predicted octanol–water partition coefficient (Wildman–Crippen LogP) is 0.517. The third-order valence-corrected chi connectivity index (χ3v) is 3.82. The highest BCUT2D eigenvalue weighted by atomic mass is 35.5. The van der Waals surface area contributed by atoms with Gasteiger partial charge in [-0.2, -0.15) is 0 Å². The molecular weight excluding hydrogens is 266 g/mol. The first-order chi connectivity index (χ1) is 8.78. The van der Waals surface area contributed by atoms with Crippen molar-refractivity contribution >= 4 is 18.3 Å². The molecule has 1 saturated carbocycles. The Morgan fingerprint density at radius 1 is 1.32 bits per heavy atom. The van der Waals surface area contributed by atoms with E-state index >= 15 is 0 Å². The lowest BCUT2D eigenvalue weighted by atomic mass is 9.95. The van der Waals surface area contributed by atoms with Gasteiger partial charge in [-0.1, -0.05) is 19.3 Å². The minimum atomic E-state index is 0. The molecule has 2 aliphatic rings. The molecule has 3 N–H and O–H groups in total. The van der Waals surface area contributed by atoms with Gasteiger partial charge in [0.15, 0.2) is 0 Å². The molecule has 1 aliphatic carbocycles. The minimum absolute atomic E-state index is 0. The van der Waals surface area contributed by atoms with Crippen LogP contribution in [0.3, 0.4) is 0 Å². The molecule has 112 valence electrons. The van der Waals surface area contributed by atoms with Crippen LogP contribution in [0.4, 0.5) is 0 Å². The van der Waals surface area contributed by atoms with Gasteiger partial charge in [-0.25, -0.2) is 0 Å². The number of ether oxygens (including phenoxy) is 1. The number of rotatable bonds is 4. The van der Waals surface area contributed by atoms with Gasteiger partial charge >= 0.3 is 0 Å². The van der Waals surface area contributed by atoms with E-state index in [1.165, 1.54) is 19.3 Å². The molecule has 2 fully saturated rings. The largest absolute Gasteiger partial charge is 0.374 e. The summed E-state index contributed by atoms with van der Waals surface area (Å²) in [6.45, 7) is 3.29. The van der Waals surface area contributed by atoms with Crippen molar-refractivity contribution in [2.24, 2.45) is 5.73 Å². The average molecular weight is 292 g/mol. The number of nitrogens with zero attached hydrogens (tertiary/aromatic N) is 1. The van der Waals surface area contributed by atoms with E-state index in [2.05, 4.69) is 10.2 Å². The molecule has 0 aromatic rings. The van der Waals surface area contributed by atoms with Gasteiger partial charge in [0, 0.05) is 25.7 Å². The second-order valence-electron chi connectivity index (χ2n) is 5.37. The van der Waals surface area contributed by atoms with Crippen molar-refractivity contribution in [3.63, 3.8) is 0 Å². The second kappa shape index (κ2) is 8.74. The van der Waals surface area contributed by atoms with Crippen molar-refractivity contribution in [2.45, 2.75) is 44.2 Å². The fourth-order valence-electron chi connectivity index (χ4n) is 2.79. The number of halogens is 1. The second-order valence-corrected chi connectivity index (χ2v) is 5.37. The molecule has 0 spiro atoms. The van der Waals surface area contributed by atoms with Crippen molar-refractivity contribution < 1.29 is 9.53 Å². The Labute approximate surface area is 121 Å². The zero-order chi connectivity index (χ0) is 12.8. The van der Waals surface area contributed by atoms with Crippen molar-refractivity contribution in [3.05, 3.63) is 0 Å². The summed E-state index contributed by atoms with van der Waals surface area (Å²) < 4.78 is 5.49. The van der Waals surface area contributed by atoms with E-state index in [-0.39, 0.29) is 24.4 Å². The van der Waals surface area contributed by atoms with E-state index in [4.69, 9.17) is 10.5 Å². The van der Waals surface area contributed by atoms with Crippen LogP contribution < -0.4 is 11.1 Å². The van der Waals surface area contributed by atoms with Gasteiger partial charge in [0.05, 0.1) is 19.3 Å². The maximum atomic E-state index is 11.9. The van der Waals surface area contributed by atoms with Crippen LogP contribution >= 0.6 is 12.4 Å². The molecule has 1 unspecified atom stereocenters. The van der Waals surface area contributed by atoms with Crippen LogP contribution in [-0.4, -0.2) is 55.7 Å². The third-order valence-electron chi connectivity index (χ3n) is 3.82. The lowest BCUT2D eigenvalue weighted by molar-refractivity contribution is -0.125. The quantitative estimate of drug-likeness (QED) is 0.792. The number of carbonyl (C=O) groups is 1. The van der Waals surface area contributed by atoms with E-state index in [0.717, 1.165) is 25.9 Å². The molecule has 19 heavy (non-hydrogen) atoms. The van der Waals surface area contributed by atoms with Gasteiger partial charge in [-0.3, -0.25) is 9.69 Å². The maximum absolute atomic E-state index is 11.9. The topological polar surface area (TPSA) is 67.6 Å². The summed E-state index contributed by atoms with van der Waals surface area (Å²) in [6.07, 6.45) is 6.17.